The molecule has 7 heterocycles. The van der Waals surface area contributed by atoms with Gasteiger partial charge < -0.3 is 40.4 Å². The molecule has 15 rings (SSSR count). The number of piperidine rings is 1. The van der Waals surface area contributed by atoms with Gasteiger partial charge in [0.25, 0.3) is 5.91 Å². The lowest BCUT2D eigenvalue weighted by atomic mass is 9.47. The van der Waals surface area contributed by atoms with Crippen molar-refractivity contribution < 1.29 is 51.5 Å². The summed E-state index contributed by atoms with van der Waals surface area (Å²) in [4.78, 5) is 43.3. The third kappa shape index (κ3) is 14.1. The zero-order valence-corrected chi connectivity index (χ0v) is 65.6. The number of aliphatic hydroxyl groups excluding tert-OH is 1. The zero-order valence-electron chi connectivity index (χ0n) is 64.8. The number of carbonyl (C=O) groups excluding carboxylic acids is 2. The van der Waals surface area contributed by atoms with Crippen LogP contribution in [0.2, 0.25) is 0 Å². The number of amides is 1. The monoisotopic (exact) mass is 1500 g/mol. The largest absolute Gasteiger partial charge is 0.496 e. The minimum absolute atomic E-state index is 0.0790. The lowest BCUT2D eigenvalue weighted by Gasteiger charge is -2.63. The Hall–Kier alpha value is -8.29. The van der Waals surface area contributed by atoms with Gasteiger partial charge in [-0.05, 0) is 189 Å². The first kappa shape index (κ1) is 78.8. The number of hydrogen-bond acceptors (Lipinski definition) is 17. The molecule has 21 nitrogen and oxygen atoms in total. The van der Waals surface area contributed by atoms with E-state index in [4.69, 9.17) is 34.5 Å². The summed E-state index contributed by atoms with van der Waals surface area (Å²) >= 11 is 0. The van der Waals surface area contributed by atoms with E-state index in [2.05, 4.69) is 95.6 Å². The van der Waals surface area contributed by atoms with Gasteiger partial charge in [-0.3, -0.25) is 23.9 Å². The highest BCUT2D eigenvalue weighted by Crippen LogP contribution is 2.68. The number of nitrogens with one attached hydrogen (secondary N) is 1. The number of hydrogen-bond donors (Lipinski definition) is 6. The number of primary amides is 1. The molecular weight excluding hydrogens is 1390 g/mol. The van der Waals surface area contributed by atoms with Crippen LogP contribution in [-0.4, -0.2) is 159 Å². The van der Waals surface area contributed by atoms with Crippen molar-refractivity contribution >= 4 is 38.9 Å². The van der Waals surface area contributed by atoms with Crippen molar-refractivity contribution in [2.45, 2.75) is 203 Å². The molecule has 22 heteroatoms. The second-order valence-electron chi connectivity index (χ2n) is 33.6. The number of carbonyl (C=O) groups is 2. The van der Waals surface area contributed by atoms with Crippen LogP contribution in [-0.2, 0) is 46.2 Å². The van der Waals surface area contributed by atoms with E-state index in [1.54, 1.807) is 48.0 Å². The summed E-state index contributed by atoms with van der Waals surface area (Å²) in [7, 11) is 0.473. The van der Waals surface area contributed by atoms with Gasteiger partial charge >= 0.3 is 16.4 Å². The highest BCUT2D eigenvalue weighted by atomic mass is 32.3. The standard InChI is InChI=1S/C43H55N5O7.C27H44O4S.C17H11N5/c1-6-39(52)21-25-22-42(38(51)55-5,33-27(13-17-47(23-25)24-39)26-11-8-9-12-30(26)45-33)29-19-28-31(20-32(29)54-4)46(3)35-41(28)15-18-48-16-10-14-40(7-2,34(41)48)36(49)43(35,53)37(44)50;1-19(2)8-6-9-21(4)25-15-16-26-22(10-7-17-27(25,26)5)12-13-23-18-24(14-11-20(23)3)31-32(28,29)30;18-9-13-1-5-15(6-2-13)17(22-12-20-11-21-22)16-7-3-14(10-19)4-8-16/h8-12,14,19-20,25,34-36,45,49,52-53H,6-7,13,15-18,21-24H2,1-5H3,(H2,44,50);12-13,19,21,24-26H,3,6-11,14-18H2,1-2,4-5H3,(H,28,29,30);1-8,11-12,17H/b;22-12+,23-13-;/t25-,34+,35-,36-,39+,40-,41-,42+,43+;21-,24+,25-,26+,27-;/m11./s1. The molecule has 109 heavy (non-hydrogen) atoms. The Morgan fingerprint density at radius 2 is 1.60 bits per heavy atom. The van der Waals surface area contributed by atoms with E-state index >= 15 is 4.79 Å². The van der Waals surface area contributed by atoms with Crippen LogP contribution in [0.4, 0.5) is 5.69 Å². The fourth-order valence-corrected chi connectivity index (χ4v) is 22.8. The molecule has 4 aromatic carbocycles. The van der Waals surface area contributed by atoms with Gasteiger partial charge in [-0.1, -0.05) is 145 Å². The summed E-state index contributed by atoms with van der Waals surface area (Å²) in [6.45, 7) is 21.2. The van der Waals surface area contributed by atoms with E-state index < -0.39 is 68.0 Å². The second kappa shape index (κ2) is 31.1. The number of H-pyrrole nitrogens is 1. The molecule has 9 aliphatic rings. The van der Waals surface area contributed by atoms with Crippen molar-refractivity contribution in [1.29, 1.82) is 10.5 Å². The number of esters is 1. The van der Waals surface area contributed by atoms with Gasteiger partial charge in [0.2, 0.25) is 0 Å². The van der Waals surface area contributed by atoms with Crippen LogP contribution < -0.4 is 15.4 Å². The summed E-state index contributed by atoms with van der Waals surface area (Å²) in [5, 5.41) is 60.0. The van der Waals surface area contributed by atoms with Crippen molar-refractivity contribution in [1.82, 2.24) is 29.5 Å². The molecule has 2 bridgehead atoms. The molecule has 6 fully saturated rings. The minimum atomic E-state index is -4.42. The first-order chi connectivity index (χ1) is 52.1. The Kier molecular flexibility index (Phi) is 22.5. The van der Waals surface area contributed by atoms with Crippen LogP contribution in [0, 0.1) is 63.1 Å². The average Bonchev–Trinajstić information content (AvgIpc) is 1.50. The van der Waals surface area contributed by atoms with Gasteiger partial charge in [0.15, 0.2) is 5.60 Å². The Bertz CT molecular complexity index is 4620. The summed E-state index contributed by atoms with van der Waals surface area (Å²) in [6, 6.07) is 29.8. The predicted molar refractivity (Wildman–Crippen MR) is 419 cm³/mol. The number of likely N-dealkylation sites (N-methyl/N-ethyl adjacent to an activating group) is 1. The van der Waals surface area contributed by atoms with Crippen molar-refractivity contribution in [2.75, 3.05) is 58.9 Å². The smallest absolute Gasteiger partial charge is 0.397 e. The highest BCUT2D eigenvalue weighted by molar-refractivity contribution is 7.80. The maximum Gasteiger partial charge on any atom is 0.397 e. The minimum Gasteiger partial charge on any atom is -0.496 e. The number of allylic oxidation sites excluding steroid dienone is 4. The van der Waals surface area contributed by atoms with Crippen LogP contribution in [0.25, 0.3) is 10.9 Å². The Labute approximate surface area is 642 Å². The number of nitrogens with two attached hydrogens (primary N) is 1. The Morgan fingerprint density at radius 1 is 0.881 bits per heavy atom. The lowest BCUT2D eigenvalue weighted by Crippen LogP contribution is -2.81. The molecule has 1 amide bonds. The van der Waals surface area contributed by atoms with Crippen LogP contribution in [0.15, 0.2) is 145 Å². The molecule has 5 aliphatic heterocycles. The fourth-order valence-electron chi connectivity index (χ4n) is 22.3. The summed E-state index contributed by atoms with van der Waals surface area (Å²) in [6.07, 6.45) is 25.1. The maximum absolute atomic E-state index is 15.2. The van der Waals surface area contributed by atoms with E-state index in [0.717, 1.165) is 92.9 Å². The second-order valence-corrected chi connectivity index (χ2v) is 34.6. The van der Waals surface area contributed by atoms with Gasteiger partial charge in [-0.15, -0.1) is 0 Å². The van der Waals surface area contributed by atoms with Gasteiger partial charge in [0, 0.05) is 90.4 Å². The SMILES string of the molecule is C=C1CC[C@H](OS(=O)(=O)O)C/C1=C/C=C1\CCC[C@]2(C)[C@@H]([C@H](C)CCCC(C)C)CC[C@@H]12.CC[C@]1(O)C[C@H]2C[N@](CCc3c([nH]c4ccccc34)[C@@](C(=O)OC)(c3cc4c(cc3OC)N(C)[C@H]3[C@@](O)(C(N)=O)[C@H](O)[C@]5(CC)C=CCN6CC[C@]43[C@@H]65)C2)C1.N#Cc1ccc(C(c2ccc(C#N)cc2)n2cncn2)cc1. The van der Waals surface area contributed by atoms with Crippen molar-refractivity contribution in [3.8, 4) is 17.9 Å². The molecule has 15 atom stereocenters. The van der Waals surface area contributed by atoms with Crippen molar-refractivity contribution in [3.05, 3.63) is 190 Å². The number of para-hydroxylation sites is 1. The first-order valence-corrected chi connectivity index (χ1v) is 40.8. The zero-order chi connectivity index (χ0) is 77.8. The average molecular weight is 1500 g/mol. The number of nitrogens with zero attached hydrogens (tertiary/aromatic N) is 8. The van der Waals surface area contributed by atoms with Gasteiger partial charge in [0.1, 0.15) is 36.0 Å². The van der Waals surface area contributed by atoms with E-state index in [-0.39, 0.29) is 18.0 Å². The summed E-state index contributed by atoms with van der Waals surface area (Å²) < 4.78 is 50.1. The molecule has 2 aromatic heterocycles. The van der Waals surface area contributed by atoms with E-state index in [1.807, 2.05) is 86.5 Å². The van der Waals surface area contributed by atoms with Crippen molar-refractivity contribution in [2.24, 2.45) is 46.2 Å². The fraction of sp³-hybridized carbons (Fsp3) is 0.540. The number of nitriles is 2. The van der Waals surface area contributed by atoms with Crippen LogP contribution in [0.5, 0.6) is 5.75 Å². The normalized spacial score (nSPS) is 32.0. The molecule has 2 saturated heterocycles. The quantitative estimate of drug-likeness (QED) is 0.0281. The first-order valence-electron chi connectivity index (χ1n) is 39.4. The molecule has 6 aromatic rings. The van der Waals surface area contributed by atoms with E-state index in [1.165, 1.54) is 58.4 Å². The Balaban J connectivity index is 0.000000163. The number of aromatic amines is 1. The van der Waals surface area contributed by atoms with Crippen LogP contribution in [0.1, 0.15) is 195 Å². The summed E-state index contributed by atoms with van der Waals surface area (Å²) in [5.41, 5.74) is 12.0. The van der Waals surface area contributed by atoms with E-state index in [9.17, 15) is 28.5 Å². The Morgan fingerprint density at radius 3 is 2.23 bits per heavy atom. The third-order valence-electron chi connectivity index (χ3n) is 27.2. The molecule has 7 N–H and O–H groups in total. The number of aliphatic hydroxyl groups is 3. The van der Waals surface area contributed by atoms with Crippen molar-refractivity contribution in [3.63, 3.8) is 0 Å². The predicted octanol–water partition coefficient (Wildman–Crippen LogP) is 12.8. The van der Waals surface area contributed by atoms with E-state index in [0.29, 0.717) is 111 Å². The molecule has 4 saturated carbocycles. The number of methoxy groups -OCH3 is 2. The third-order valence-corrected chi connectivity index (χ3v) is 27.8. The number of benzene rings is 4. The van der Waals surface area contributed by atoms with Gasteiger partial charge in [-0.25, -0.2) is 13.8 Å². The molecule has 1 spiro atoms. The van der Waals surface area contributed by atoms with Crippen LogP contribution >= 0.6 is 0 Å². The van der Waals surface area contributed by atoms with Gasteiger partial charge in [-0.2, -0.15) is 24.0 Å². The topological polar surface area (TPSA) is 307 Å². The lowest BCUT2D eigenvalue weighted by molar-refractivity contribution is -0.201. The number of anilines is 1. The number of aromatic nitrogens is 4. The maximum atomic E-state index is 15.2. The van der Waals surface area contributed by atoms with Gasteiger partial charge in [0.05, 0.1) is 55.2 Å². The highest BCUT2D eigenvalue weighted by Gasteiger charge is 2.78. The molecular formula is C87H110N10O11S. The molecule has 0 unspecified atom stereocenters. The van der Waals surface area contributed by atoms with Crippen LogP contribution in [0.3, 0.4) is 0 Å². The number of fused-ring (bicyclic) bond motifs is 7. The molecule has 580 valence electrons. The molecule has 4 aliphatic carbocycles. The summed E-state index contributed by atoms with van der Waals surface area (Å²) in [5.74, 6) is 2.06. The number of rotatable bonds is 17. The molecule has 0 radical (unpaired) electrons. The number of ether oxygens (including phenoxy) is 2.